The van der Waals surface area contributed by atoms with Crippen LogP contribution in [0.1, 0.15) is 168 Å². The van der Waals surface area contributed by atoms with Crippen LogP contribution in [0.4, 0.5) is 0 Å². The zero-order valence-corrected chi connectivity index (χ0v) is 23.8. The van der Waals surface area contributed by atoms with E-state index < -0.39 is 6.10 Å². The number of hydrogen-bond acceptors (Lipinski definition) is 4. The van der Waals surface area contributed by atoms with Crippen molar-refractivity contribution < 1.29 is 19.4 Å². The normalized spacial score (nSPS) is 12.2. The van der Waals surface area contributed by atoms with E-state index in [4.69, 9.17) is 9.47 Å². The lowest BCUT2D eigenvalue weighted by Crippen LogP contribution is -2.24. The van der Waals surface area contributed by atoms with Crippen LogP contribution in [0.15, 0.2) is 0 Å². The molecule has 0 aromatic heterocycles. The average molecular weight is 499 g/mol. The SMILES string of the molecule is CCCCCCCCCCCCCCOCC(O)COC(=O)CCCCCCCCCCCCC. The summed E-state index contributed by atoms with van der Waals surface area (Å²) >= 11 is 0. The molecule has 0 saturated heterocycles. The molecule has 1 N–H and O–H groups in total. The van der Waals surface area contributed by atoms with E-state index in [1.54, 1.807) is 0 Å². The summed E-state index contributed by atoms with van der Waals surface area (Å²) in [6.45, 7) is 5.51. The average Bonchev–Trinajstić information content (AvgIpc) is 2.86. The van der Waals surface area contributed by atoms with Crippen LogP contribution in [-0.4, -0.2) is 37.0 Å². The topological polar surface area (TPSA) is 55.8 Å². The van der Waals surface area contributed by atoms with Gasteiger partial charge in [-0.3, -0.25) is 4.79 Å². The highest BCUT2D eigenvalue weighted by atomic mass is 16.5. The quantitative estimate of drug-likeness (QED) is 0.0824. The predicted molar refractivity (Wildman–Crippen MR) is 150 cm³/mol. The van der Waals surface area contributed by atoms with Crippen molar-refractivity contribution >= 4 is 5.97 Å². The molecule has 0 aliphatic carbocycles. The van der Waals surface area contributed by atoms with Gasteiger partial charge >= 0.3 is 5.97 Å². The molecule has 4 heteroatoms. The van der Waals surface area contributed by atoms with Gasteiger partial charge in [-0.2, -0.15) is 0 Å². The smallest absolute Gasteiger partial charge is 0.305 e. The monoisotopic (exact) mass is 498 g/mol. The summed E-state index contributed by atoms with van der Waals surface area (Å²) in [5.74, 6) is -0.194. The number of aliphatic hydroxyl groups excluding tert-OH is 1. The van der Waals surface area contributed by atoms with Gasteiger partial charge in [0.1, 0.15) is 12.7 Å². The Bertz CT molecular complexity index is 413. The van der Waals surface area contributed by atoms with Crippen LogP contribution >= 0.6 is 0 Å². The Morgan fingerprint density at radius 3 is 1.34 bits per heavy atom. The van der Waals surface area contributed by atoms with Gasteiger partial charge in [-0.25, -0.2) is 0 Å². The number of carbonyl (C=O) groups is 1. The molecule has 0 amide bonds. The van der Waals surface area contributed by atoms with Crippen molar-refractivity contribution in [1.29, 1.82) is 0 Å². The Kier molecular flexibility index (Phi) is 29.1. The molecule has 0 aliphatic rings. The lowest BCUT2D eigenvalue weighted by molar-refractivity contribution is -0.147. The van der Waals surface area contributed by atoms with Gasteiger partial charge < -0.3 is 14.6 Å². The van der Waals surface area contributed by atoms with E-state index in [0.29, 0.717) is 13.0 Å². The van der Waals surface area contributed by atoms with Gasteiger partial charge in [0.25, 0.3) is 0 Å². The van der Waals surface area contributed by atoms with Gasteiger partial charge in [0.05, 0.1) is 6.61 Å². The fraction of sp³-hybridized carbons (Fsp3) is 0.968. The lowest BCUT2D eigenvalue weighted by Gasteiger charge is -2.12. The molecular weight excluding hydrogens is 436 g/mol. The molecular formula is C31H62O4. The van der Waals surface area contributed by atoms with Crippen molar-refractivity contribution in [2.24, 2.45) is 0 Å². The molecule has 210 valence electrons. The van der Waals surface area contributed by atoms with Crippen LogP contribution in [-0.2, 0) is 14.3 Å². The molecule has 0 aromatic carbocycles. The third kappa shape index (κ3) is 29.5. The number of esters is 1. The highest BCUT2D eigenvalue weighted by Crippen LogP contribution is 2.13. The molecule has 1 atom stereocenters. The first kappa shape index (κ1) is 34.4. The third-order valence-corrected chi connectivity index (χ3v) is 6.87. The summed E-state index contributed by atoms with van der Waals surface area (Å²) in [7, 11) is 0. The van der Waals surface area contributed by atoms with Crippen LogP contribution in [0.2, 0.25) is 0 Å². The minimum absolute atomic E-state index is 0.0509. The van der Waals surface area contributed by atoms with Crippen LogP contribution in [0.5, 0.6) is 0 Å². The van der Waals surface area contributed by atoms with Crippen molar-refractivity contribution in [3.8, 4) is 0 Å². The van der Waals surface area contributed by atoms with Gasteiger partial charge in [-0.05, 0) is 12.8 Å². The summed E-state index contributed by atoms with van der Waals surface area (Å²) in [6, 6.07) is 0. The summed E-state index contributed by atoms with van der Waals surface area (Å²) < 4.78 is 10.7. The fourth-order valence-electron chi connectivity index (χ4n) is 4.51. The number of hydrogen-bond donors (Lipinski definition) is 1. The Balaban J connectivity index is 3.27. The predicted octanol–water partition coefficient (Wildman–Crippen LogP) is 9.31. The zero-order chi connectivity index (χ0) is 25.7. The summed E-state index contributed by atoms with van der Waals surface area (Å²) in [5.41, 5.74) is 0. The highest BCUT2D eigenvalue weighted by molar-refractivity contribution is 5.69. The lowest BCUT2D eigenvalue weighted by atomic mass is 10.1. The number of unbranched alkanes of at least 4 members (excludes halogenated alkanes) is 21. The van der Waals surface area contributed by atoms with Crippen molar-refractivity contribution in [2.45, 2.75) is 174 Å². The van der Waals surface area contributed by atoms with E-state index >= 15 is 0 Å². The zero-order valence-electron chi connectivity index (χ0n) is 23.8. The maximum atomic E-state index is 11.8. The molecule has 0 spiro atoms. The minimum atomic E-state index is -0.714. The molecule has 0 radical (unpaired) electrons. The fourth-order valence-corrected chi connectivity index (χ4v) is 4.51. The van der Waals surface area contributed by atoms with Crippen molar-refractivity contribution in [3.63, 3.8) is 0 Å². The molecule has 0 heterocycles. The Morgan fingerprint density at radius 2 is 0.914 bits per heavy atom. The molecule has 0 saturated carbocycles. The summed E-state index contributed by atoms with van der Waals surface area (Å²) in [5, 5.41) is 9.95. The van der Waals surface area contributed by atoms with Gasteiger partial charge in [0.2, 0.25) is 0 Å². The van der Waals surface area contributed by atoms with Gasteiger partial charge in [0.15, 0.2) is 0 Å². The molecule has 35 heavy (non-hydrogen) atoms. The maximum absolute atomic E-state index is 11.8. The first-order valence-corrected chi connectivity index (χ1v) is 15.6. The van der Waals surface area contributed by atoms with E-state index in [-0.39, 0.29) is 19.2 Å². The van der Waals surface area contributed by atoms with Crippen LogP contribution in [0.25, 0.3) is 0 Å². The maximum Gasteiger partial charge on any atom is 0.305 e. The molecule has 4 nitrogen and oxygen atoms in total. The summed E-state index contributed by atoms with van der Waals surface area (Å²) in [6.07, 6.45) is 29.7. The van der Waals surface area contributed by atoms with Crippen LogP contribution in [0, 0.1) is 0 Å². The molecule has 1 unspecified atom stereocenters. The van der Waals surface area contributed by atoms with Crippen molar-refractivity contribution in [3.05, 3.63) is 0 Å². The van der Waals surface area contributed by atoms with Gasteiger partial charge in [0, 0.05) is 13.0 Å². The molecule has 0 rings (SSSR count). The Hall–Kier alpha value is -0.610. The molecule has 0 aromatic rings. The van der Waals surface area contributed by atoms with E-state index in [0.717, 1.165) is 19.3 Å². The van der Waals surface area contributed by atoms with E-state index in [1.165, 1.54) is 128 Å². The second-order valence-corrected chi connectivity index (χ2v) is 10.6. The second-order valence-electron chi connectivity index (χ2n) is 10.6. The first-order valence-electron chi connectivity index (χ1n) is 15.6. The Morgan fingerprint density at radius 1 is 0.543 bits per heavy atom. The largest absolute Gasteiger partial charge is 0.463 e. The number of aliphatic hydroxyl groups is 1. The van der Waals surface area contributed by atoms with Crippen LogP contribution < -0.4 is 0 Å². The molecule has 0 fully saturated rings. The highest BCUT2D eigenvalue weighted by Gasteiger charge is 2.09. The van der Waals surface area contributed by atoms with Crippen molar-refractivity contribution in [2.75, 3.05) is 19.8 Å². The first-order chi connectivity index (χ1) is 17.2. The molecule has 0 bridgehead atoms. The minimum Gasteiger partial charge on any atom is -0.463 e. The van der Waals surface area contributed by atoms with Crippen molar-refractivity contribution in [1.82, 2.24) is 0 Å². The Labute approximate surface area is 219 Å². The van der Waals surface area contributed by atoms with Crippen LogP contribution in [0.3, 0.4) is 0 Å². The standard InChI is InChI=1S/C31H62O4/c1-3-5-7-9-11-13-15-17-19-21-23-25-27-34-28-30(32)29-35-31(33)26-24-22-20-18-16-14-12-10-8-6-4-2/h30,32H,3-29H2,1-2H3. The number of ether oxygens (including phenoxy) is 2. The number of carbonyl (C=O) groups excluding carboxylic acids is 1. The van der Waals surface area contributed by atoms with E-state index in [1.807, 2.05) is 0 Å². The van der Waals surface area contributed by atoms with E-state index in [9.17, 15) is 9.90 Å². The summed E-state index contributed by atoms with van der Waals surface area (Å²) in [4.78, 5) is 11.8. The van der Waals surface area contributed by atoms with Gasteiger partial charge in [-0.15, -0.1) is 0 Å². The second kappa shape index (κ2) is 29.6. The number of rotatable bonds is 29. The molecule has 0 aliphatic heterocycles. The van der Waals surface area contributed by atoms with Gasteiger partial charge in [-0.1, -0.05) is 149 Å². The third-order valence-electron chi connectivity index (χ3n) is 6.87. The van der Waals surface area contributed by atoms with E-state index in [2.05, 4.69) is 13.8 Å².